The Bertz CT molecular complexity index is 552. The summed E-state index contributed by atoms with van der Waals surface area (Å²) in [7, 11) is 0. The Morgan fingerprint density at radius 3 is 3.11 bits per heavy atom. The lowest BCUT2D eigenvalue weighted by Crippen LogP contribution is -2.40. The molecule has 0 aliphatic carbocycles. The first kappa shape index (κ1) is 12.2. The number of aliphatic hydroxyl groups excluding tert-OH is 1. The standard InChI is InChI=1S/C14H17BrN2O/c15-11-1-2-12-9(8-17-13(12)6-11)5-10-7-16-4-3-14(10)18/h1-2,6,8,10,14,16-18H,3-5,7H2. The Morgan fingerprint density at radius 1 is 1.39 bits per heavy atom. The number of hydrogen-bond donors (Lipinski definition) is 3. The number of hydrogen-bond acceptors (Lipinski definition) is 2. The number of fused-ring (bicyclic) bond motifs is 1. The third-order valence-electron chi connectivity index (χ3n) is 3.78. The summed E-state index contributed by atoms with van der Waals surface area (Å²) in [5.41, 5.74) is 2.45. The van der Waals surface area contributed by atoms with Crippen molar-refractivity contribution in [1.82, 2.24) is 10.3 Å². The largest absolute Gasteiger partial charge is 0.393 e. The summed E-state index contributed by atoms with van der Waals surface area (Å²) in [5, 5.41) is 14.6. The molecule has 4 heteroatoms. The summed E-state index contributed by atoms with van der Waals surface area (Å²) in [6, 6.07) is 6.29. The van der Waals surface area contributed by atoms with Gasteiger partial charge in [-0.2, -0.15) is 0 Å². The minimum Gasteiger partial charge on any atom is -0.393 e. The molecule has 0 spiro atoms. The van der Waals surface area contributed by atoms with Crippen molar-refractivity contribution < 1.29 is 5.11 Å². The van der Waals surface area contributed by atoms with Crippen molar-refractivity contribution in [3.05, 3.63) is 34.4 Å². The highest BCUT2D eigenvalue weighted by atomic mass is 79.9. The van der Waals surface area contributed by atoms with E-state index in [0.29, 0.717) is 5.92 Å². The van der Waals surface area contributed by atoms with Crippen molar-refractivity contribution in [1.29, 1.82) is 0 Å². The van der Waals surface area contributed by atoms with Crippen molar-refractivity contribution in [2.45, 2.75) is 18.9 Å². The van der Waals surface area contributed by atoms with Crippen LogP contribution in [0.25, 0.3) is 10.9 Å². The van der Waals surface area contributed by atoms with Crippen LogP contribution in [0.4, 0.5) is 0 Å². The molecule has 3 nitrogen and oxygen atoms in total. The lowest BCUT2D eigenvalue weighted by atomic mass is 9.90. The van der Waals surface area contributed by atoms with Crippen LogP contribution < -0.4 is 5.32 Å². The van der Waals surface area contributed by atoms with Gasteiger partial charge >= 0.3 is 0 Å². The van der Waals surface area contributed by atoms with Crippen LogP contribution in [0.3, 0.4) is 0 Å². The highest BCUT2D eigenvalue weighted by molar-refractivity contribution is 9.10. The summed E-state index contributed by atoms with van der Waals surface area (Å²) < 4.78 is 1.09. The lowest BCUT2D eigenvalue weighted by molar-refractivity contribution is 0.0793. The first-order chi connectivity index (χ1) is 8.74. The quantitative estimate of drug-likeness (QED) is 0.798. The molecule has 2 heterocycles. The summed E-state index contributed by atoms with van der Waals surface area (Å²) in [4.78, 5) is 3.30. The maximum absolute atomic E-state index is 10.0. The molecule has 1 fully saturated rings. The second kappa shape index (κ2) is 5.03. The number of benzene rings is 1. The fraction of sp³-hybridized carbons (Fsp3) is 0.429. The van der Waals surface area contributed by atoms with Crippen LogP contribution >= 0.6 is 15.9 Å². The van der Waals surface area contributed by atoms with E-state index in [4.69, 9.17) is 0 Å². The maximum atomic E-state index is 10.0. The van der Waals surface area contributed by atoms with Crippen molar-refractivity contribution in [3.63, 3.8) is 0 Å². The van der Waals surface area contributed by atoms with Gasteiger partial charge in [0.25, 0.3) is 0 Å². The summed E-state index contributed by atoms with van der Waals surface area (Å²) in [5.74, 6) is 0.321. The smallest absolute Gasteiger partial charge is 0.0595 e. The predicted molar refractivity (Wildman–Crippen MR) is 76.7 cm³/mol. The van der Waals surface area contributed by atoms with Crippen molar-refractivity contribution in [3.8, 4) is 0 Å². The molecule has 0 saturated carbocycles. The third kappa shape index (κ3) is 2.32. The monoisotopic (exact) mass is 308 g/mol. The van der Waals surface area contributed by atoms with Crippen LogP contribution in [0, 0.1) is 5.92 Å². The second-order valence-corrected chi connectivity index (χ2v) is 5.94. The molecule has 1 aromatic carbocycles. The van der Waals surface area contributed by atoms with E-state index in [1.54, 1.807) is 0 Å². The first-order valence-corrected chi connectivity index (χ1v) is 7.17. The molecule has 96 valence electrons. The van der Waals surface area contributed by atoms with E-state index in [2.05, 4.69) is 50.6 Å². The van der Waals surface area contributed by atoms with E-state index < -0.39 is 0 Å². The molecule has 0 amide bonds. The average molecular weight is 309 g/mol. The molecule has 2 aromatic rings. The third-order valence-corrected chi connectivity index (χ3v) is 4.27. The van der Waals surface area contributed by atoms with Crippen LogP contribution in [-0.2, 0) is 6.42 Å². The van der Waals surface area contributed by atoms with Crippen molar-refractivity contribution in [2.24, 2.45) is 5.92 Å². The number of aromatic amines is 1. The number of aromatic nitrogens is 1. The minimum atomic E-state index is -0.174. The van der Waals surface area contributed by atoms with E-state index in [0.717, 1.165) is 35.9 Å². The zero-order valence-corrected chi connectivity index (χ0v) is 11.7. The van der Waals surface area contributed by atoms with Gasteiger partial charge in [0, 0.05) is 34.0 Å². The molecular formula is C14H17BrN2O. The number of piperidine rings is 1. The zero-order chi connectivity index (χ0) is 12.5. The van der Waals surface area contributed by atoms with Gasteiger partial charge in [-0.25, -0.2) is 0 Å². The molecule has 0 bridgehead atoms. The first-order valence-electron chi connectivity index (χ1n) is 6.38. The zero-order valence-electron chi connectivity index (χ0n) is 10.1. The van der Waals surface area contributed by atoms with Crippen LogP contribution in [0.2, 0.25) is 0 Å². The van der Waals surface area contributed by atoms with E-state index >= 15 is 0 Å². The molecule has 1 saturated heterocycles. The Morgan fingerprint density at radius 2 is 2.28 bits per heavy atom. The summed E-state index contributed by atoms with van der Waals surface area (Å²) in [6.45, 7) is 1.84. The molecule has 1 aliphatic rings. The van der Waals surface area contributed by atoms with Gasteiger partial charge in [0.05, 0.1) is 6.10 Å². The molecule has 1 aromatic heterocycles. The van der Waals surface area contributed by atoms with Crippen LogP contribution in [0.15, 0.2) is 28.9 Å². The van der Waals surface area contributed by atoms with Crippen LogP contribution in [-0.4, -0.2) is 29.3 Å². The summed E-state index contributed by atoms with van der Waals surface area (Å²) in [6.07, 6.45) is 3.68. The van der Waals surface area contributed by atoms with Gasteiger partial charge in [-0.3, -0.25) is 0 Å². The predicted octanol–water partition coefficient (Wildman–Crippen LogP) is 2.44. The molecule has 18 heavy (non-hydrogen) atoms. The Balaban J connectivity index is 1.86. The van der Waals surface area contributed by atoms with E-state index in [1.807, 2.05) is 0 Å². The van der Waals surface area contributed by atoms with Crippen LogP contribution in [0.5, 0.6) is 0 Å². The second-order valence-electron chi connectivity index (χ2n) is 5.03. The highest BCUT2D eigenvalue weighted by Gasteiger charge is 2.23. The number of rotatable bonds is 2. The van der Waals surface area contributed by atoms with Gasteiger partial charge in [-0.1, -0.05) is 22.0 Å². The molecule has 3 N–H and O–H groups in total. The Hall–Kier alpha value is -0.840. The number of H-pyrrole nitrogens is 1. The van der Waals surface area contributed by atoms with E-state index in [1.165, 1.54) is 10.9 Å². The lowest BCUT2D eigenvalue weighted by Gasteiger charge is -2.28. The fourth-order valence-electron chi connectivity index (χ4n) is 2.73. The molecule has 3 rings (SSSR count). The molecule has 1 aliphatic heterocycles. The topological polar surface area (TPSA) is 48.0 Å². The van der Waals surface area contributed by atoms with Crippen molar-refractivity contribution in [2.75, 3.05) is 13.1 Å². The normalized spacial score (nSPS) is 24.6. The minimum absolute atomic E-state index is 0.174. The van der Waals surface area contributed by atoms with Gasteiger partial charge in [0.2, 0.25) is 0 Å². The van der Waals surface area contributed by atoms with Gasteiger partial charge < -0.3 is 15.4 Å². The van der Waals surface area contributed by atoms with Crippen molar-refractivity contribution >= 4 is 26.8 Å². The Kier molecular flexibility index (Phi) is 3.41. The highest BCUT2D eigenvalue weighted by Crippen LogP contribution is 2.26. The summed E-state index contributed by atoms with van der Waals surface area (Å²) >= 11 is 3.48. The molecular weight excluding hydrogens is 292 g/mol. The average Bonchev–Trinajstić information content (AvgIpc) is 2.74. The van der Waals surface area contributed by atoms with Gasteiger partial charge in [-0.05, 0) is 37.1 Å². The van der Waals surface area contributed by atoms with E-state index in [9.17, 15) is 5.11 Å². The van der Waals surface area contributed by atoms with E-state index in [-0.39, 0.29) is 6.10 Å². The van der Waals surface area contributed by atoms with Gasteiger partial charge in [-0.15, -0.1) is 0 Å². The molecule has 0 radical (unpaired) electrons. The van der Waals surface area contributed by atoms with Gasteiger partial charge in [0.1, 0.15) is 0 Å². The van der Waals surface area contributed by atoms with Gasteiger partial charge in [0.15, 0.2) is 0 Å². The SMILES string of the molecule is OC1CCNCC1Cc1c[nH]c2cc(Br)ccc12. The fourth-order valence-corrected chi connectivity index (χ4v) is 3.09. The number of nitrogens with one attached hydrogen (secondary N) is 2. The number of halogens is 1. The maximum Gasteiger partial charge on any atom is 0.0595 e. The Labute approximate surface area is 115 Å². The van der Waals surface area contributed by atoms with Crippen LogP contribution in [0.1, 0.15) is 12.0 Å². The molecule has 2 unspecified atom stereocenters. The molecule has 2 atom stereocenters. The number of aliphatic hydroxyl groups is 1.